The summed E-state index contributed by atoms with van der Waals surface area (Å²) in [4.78, 5) is 23.2. The molecule has 1 heterocycles. The lowest BCUT2D eigenvalue weighted by atomic mass is 10.1. The fourth-order valence-electron chi connectivity index (χ4n) is 2.76. The zero-order valence-electron chi connectivity index (χ0n) is 15.9. The highest BCUT2D eigenvalue weighted by molar-refractivity contribution is 6.06. The molecule has 27 heavy (non-hydrogen) atoms. The van der Waals surface area contributed by atoms with Crippen LogP contribution in [0.2, 0.25) is 0 Å². The molecule has 0 aliphatic heterocycles. The fourth-order valence-corrected chi connectivity index (χ4v) is 2.76. The number of anilines is 3. The number of rotatable bonds is 5. The lowest BCUT2D eigenvalue weighted by molar-refractivity contribution is 0.0993. The van der Waals surface area contributed by atoms with Crippen molar-refractivity contribution in [2.45, 2.75) is 13.8 Å². The van der Waals surface area contributed by atoms with E-state index in [-0.39, 0.29) is 5.91 Å². The average molecular weight is 362 g/mol. The van der Waals surface area contributed by atoms with Crippen LogP contribution >= 0.6 is 0 Å². The number of hydrogen-bond acceptors (Lipinski definition) is 5. The van der Waals surface area contributed by atoms with Crippen LogP contribution in [-0.2, 0) is 0 Å². The maximum atomic E-state index is 12.8. The van der Waals surface area contributed by atoms with Crippen LogP contribution in [0.4, 0.5) is 17.3 Å². The Labute approximate surface area is 158 Å². The summed E-state index contributed by atoms with van der Waals surface area (Å²) in [5.41, 5.74) is 3.89. The van der Waals surface area contributed by atoms with Gasteiger partial charge in [-0.1, -0.05) is 6.07 Å². The highest BCUT2D eigenvalue weighted by atomic mass is 16.5. The van der Waals surface area contributed by atoms with Gasteiger partial charge in [-0.3, -0.25) is 4.79 Å². The molecule has 0 saturated carbocycles. The molecule has 0 atom stereocenters. The number of carbonyl (C=O) groups excluding carboxylic acids is 1. The van der Waals surface area contributed by atoms with Crippen molar-refractivity contribution >= 4 is 23.2 Å². The van der Waals surface area contributed by atoms with Crippen LogP contribution in [0.3, 0.4) is 0 Å². The molecule has 6 nitrogen and oxygen atoms in total. The van der Waals surface area contributed by atoms with Gasteiger partial charge in [0.1, 0.15) is 5.75 Å². The highest BCUT2D eigenvalue weighted by Gasteiger charge is 2.14. The SMILES string of the molecule is COc1ccc(N(C)C(=O)c2cccc(Nc3nc(C)cc(C)n3)c2)cc1. The minimum absolute atomic E-state index is 0.106. The quantitative estimate of drug-likeness (QED) is 0.739. The molecule has 0 aliphatic rings. The van der Waals surface area contributed by atoms with Crippen molar-refractivity contribution in [1.82, 2.24) is 9.97 Å². The third-order valence-corrected chi connectivity index (χ3v) is 4.11. The Morgan fingerprint density at radius 2 is 1.67 bits per heavy atom. The number of nitrogens with one attached hydrogen (secondary N) is 1. The van der Waals surface area contributed by atoms with Crippen LogP contribution in [0.15, 0.2) is 54.6 Å². The minimum atomic E-state index is -0.106. The van der Waals surface area contributed by atoms with E-state index in [0.29, 0.717) is 11.5 Å². The maximum absolute atomic E-state index is 12.8. The molecule has 0 radical (unpaired) electrons. The summed E-state index contributed by atoms with van der Waals surface area (Å²) in [5.74, 6) is 1.16. The van der Waals surface area contributed by atoms with E-state index < -0.39 is 0 Å². The number of amides is 1. The maximum Gasteiger partial charge on any atom is 0.258 e. The average Bonchev–Trinajstić information content (AvgIpc) is 2.66. The van der Waals surface area contributed by atoms with E-state index in [2.05, 4.69) is 15.3 Å². The van der Waals surface area contributed by atoms with E-state index in [4.69, 9.17) is 4.74 Å². The summed E-state index contributed by atoms with van der Waals surface area (Å²) in [7, 11) is 3.36. The van der Waals surface area contributed by atoms with Crippen molar-refractivity contribution in [3.05, 3.63) is 71.5 Å². The molecule has 0 bridgehead atoms. The number of aromatic nitrogens is 2. The van der Waals surface area contributed by atoms with Gasteiger partial charge in [-0.2, -0.15) is 0 Å². The van der Waals surface area contributed by atoms with Crippen LogP contribution < -0.4 is 15.0 Å². The lowest BCUT2D eigenvalue weighted by Gasteiger charge is -2.18. The minimum Gasteiger partial charge on any atom is -0.497 e. The summed E-state index contributed by atoms with van der Waals surface area (Å²) >= 11 is 0. The third-order valence-electron chi connectivity index (χ3n) is 4.11. The zero-order valence-corrected chi connectivity index (χ0v) is 15.9. The van der Waals surface area contributed by atoms with Crippen molar-refractivity contribution in [3.8, 4) is 5.75 Å². The molecule has 0 unspecified atom stereocenters. The second-order valence-electron chi connectivity index (χ2n) is 6.24. The Kier molecular flexibility index (Phi) is 5.35. The van der Waals surface area contributed by atoms with E-state index in [1.54, 1.807) is 31.2 Å². The predicted octanol–water partition coefficient (Wildman–Crippen LogP) is 4.12. The standard InChI is InChI=1S/C21H22N4O2/c1-14-12-15(2)23-21(22-14)24-17-7-5-6-16(13-17)20(26)25(3)18-8-10-19(27-4)11-9-18/h5-13H,1-4H3,(H,22,23,24). The first-order chi connectivity index (χ1) is 13.0. The van der Waals surface area contributed by atoms with Gasteiger partial charge in [-0.15, -0.1) is 0 Å². The molecule has 3 aromatic rings. The largest absolute Gasteiger partial charge is 0.497 e. The van der Waals surface area contributed by atoms with Gasteiger partial charge in [-0.25, -0.2) is 9.97 Å². The highest BCUT2D eigenvalue weighted by Crippen LogP contribution is 2.21. The number of benzene rings is 2. The van der Waals surface area contributed by atoms with Gasteiger partial charge in [-0.05, 0) is 62.4 Å². The van der Waals surface area contributed by atoms with Crippen molar-refractivity contribution in [1.29, 1.82) is 0 Å². The van der Waals surface area contributed by atoms with E-state index in [1.165, 1.54) is 0 Å². The van der Waals surface area contributed by atoms with Crippen molar-refractivity contribution in [3.63, 3.8) is 0 Å². The summed E-state index contributed by atoms with van der Waals surface area (Å²) in [6.07, 6.45) is 0. The van der Waals surface area contributed by atoms with Crippen LogP contribution in [-0.4, -0.2) is 30.0 Å². The topological polar surface area (TPSA) is 67.3 Å². The number of nitrogens with zero attached hydrogens (tertiary/aromatic N) is 3. The first-order valence-electron chi connectivity index (χ1n) is 8.58. The molecular formula is C21H22N4O2. The van der Waals surface area contributed by atoms with E-state index in [0.717, 1.165) is 28.5 Å². The van der Waals surface area contributed by atoms with Crippen LogP contribution in [0.1, 0.15) is 21.7 Å². The number of aryl methyl sites for hydroxylation is 2. The Balaban J connectivity index is 1.80. The normalized spacial score (nSPS) is 10.4. The summed E-state index contributed by atoms with van der Waals surface area (Å²) in [6.45, 7) is 3.84. The molecule has 0 aliphatic carbocycles. The molecule has 0 fully saturated rings. The molecule has 1 aromatic heterocycles. The fraction of sp³-hybridized carbons (Fsp3) is 0.190. The van der Waals surface area contributed by atoms with Gasteiger partial charge < -0.3 is 15.0 Å². The molecular weight excluding hydrogens is 340 g/mol. The predicted molar refractivity (Wildman–Crippen MR) is 107 cm³/mol. The van der Waals surface area contributed by atoms with Gasteiger partial charge in [0.25, 0.3) is 5.91 Å². The smallest absolute Gasteiger partial charge is 0.258 e. The second-order valence-corrected chi connectivity index (χ2v) is 6.24. The third kappa shape index (κ3) is 4.41. The Morgan fingerprint density at radius 1 is 1.00 bits per heavy atom. The summed E-state index contributed by atoms with van der Waals surface area (Å²) in [6, 6.07) is 16.6. The Hall–Kier alpha value is -3.41. The lowest BCUT2D eigenvalue weighted by Crippen LogP contribution is -2.26. The Bertz CT molecular complexity index is 934. The van der Waals surface area contributed by atoms with Crippen LogP contribution in [0, 0.1) is 13.8 Å². The number of ether oxygens (including phenoxy) is 1. The van der Waals surface area contributed by atoms with Gasteiger partial charge >= 0.3 is 0 Å². The van der Waals surface area contributed by atoms with Gasteiger partial charge in [0.05, 0.1) is 7.11 Å². The van der Waals surface area contributed by atoms with Crippen molar-refractivity contribution in [2.75, 3.05) is 24.4 Å². The molecule has 6 heteroatoms. The summed E-state index contributed by atoms with van der Waals surface area (Å²) < 4.78 is 5.16. The monoisotopic (exact) mass is 362 g/mol. The van der Waals surface area contributed by atoms with Gasteiger partial charge in [0, 0.05) is 35.4 Å². The molecule has 3 rings (SSSR count). The van der Waals surface area contributed by atoms with E-state index in [9.17, 15) is 4.79 Å². The van der Waals surface area contributed by atoms with Crippen LogP contribution in [0.5, 0.6) is 5.75 Å². The summed E-state index contributed by atoms with van der Waals surface area (Å²) in [5, 5.41) is 3.17. The molecule has 138 valence electrons. The first-order valence-corrected chi connectivity index (χ1v) is 8.58. The number of hydrogen-bond donors (Lipinski definition) is 1. The molecule has 0 saturated heterocycles. The van der Waals surface area contributed by atoms with Crippen molar-refractivity contribution in [2.24, 2.45) is 0 Å². The molecule has 2 aromatic carbocycles. The van der Waals surface area contributed by atoms with Gasteiger partial charge in [0.2, 0.25) is 5.95 Å². The number of carbonyl (C=O) groups is 1. The molecule has 0 spiro atoms. The number of methoxy groups -OCH3 is 1. The molecule has 1 N–H and O–H groups in total. The second kappa shape index (κ2) is 7.86. The first kappa shape index (κ1) is 18.4. The Morgan fingerprint density at radius 3 is 2.30 bits per heavy atom. The van der Waals surface area contributed by atoms with Crippen LogP contribution in [0.25, 0.3) is 0 Å². The van der Waals surface area contributed by atoms with E-state index in [1.807, 2.05) is 56.3 Å². The molecule has 1 amide bonds. The van der Waals surface area contributed by atoms with Gasteiger partial charge in [0.15, 0.2) is 0 Å². The van der Waals surface area contributed by atoms with Crippen molar-refractivity contribution < 1.29 is 9.53 Å². The van der Waals surface area contributed by atoms with E-state index >= 15 is 0 Å². The zero-order chi connectivity index (χ0) is 19.4.